The van der Waals surface area contributed by atoms with Crippen molar-refractivity contribution in [3.63, 3.8) is 0 Å². The number of halogens is 2. The second-order valence-corrected chi connectivity index (χ2v) is 6.01. The van der Waals surface area contributed by atoms with Crippen LogP contribution in [-0.4, -0.2) is 25.5 Å². The standard InChI is InChI=1S/C17H13Cl2NO3/c1-23-17(22)11-2-5-15-10(8-11)6-7-20(15)16(21)13-4-3-12(18)9-14(13)19/h2-5,8-9H,6-7H2,1H3. The summed E-state index contributed by atoms with van der Waals surface area (Å²) in [5.74, 6) is -0.574. The third-order valence-electron chi connectivity index (χ3n) is 3.80. The third kappa shape index (κ3) is 2.92. The molecule has 0 spiro atoms. The van der Waals surface area contributed by atoms with Gasteiger partial charge in [-0.15, -0.1) is 0 Å². The zero-order valence-electron chi connectivity index (χ0n) is 12.3. The van der Waals surface area contributed by atoms with Crippen molar-refractivity contribution in [2.75, 3.05) is 18.6 Å². The minimum Gasteiger partial charge on any atom is -0.465 e. The van der Waals surface area contributed by atoms with Gasteiger partial charge in [0.05, 0.1) is 23.3 Å². The fraction of sp³-hybridized carbons (Fsp3) is 0.176. The fourth-order valence-electron chi connectivity index (χ4n) is 2.67. The summed E-state index contributed by atoms with van der Waals surface area (Å²) in [6, 6.07) is 9.98. The molecule has 0 saturated carbocycles. The van der Waals surface area contributed by atoms with E-state index in [1.807, 2.05) is 0 Å². The molecule has 1 heterocycles. The molecule has 0 bridgehead atoms. The van der Waals surface area contributed by atoms with Crippen LogP contribution in [-0.2, 0) is 11.2 Å². The number of nitrogens with zero attached hydrogens (tertiary/aromatic N) is 1. The SMILES string of the molecule is COC(=O)c1ccc2c(c1)CCN2C(=O)c1ccc(Cl)cc1Cl. The fourth-order valence-corrected chi connectivity index (χ4v) is 3.16. The molecule has 0 aliphatic carbocycles. The topological polar surface area (TPSA) is 46.6 Å². The molecular formula is C17H13Cl2NO3. The van der Waals surface area contributed by atoms with Gasteiger partial charge in [0.15, 0.2) is 0 Å². The summed E-state index contributed by atoms with van der Waals surface area (Å²) in [5, 5.41) is 0.804. The van der Waals surface area contributed by atoms with Gasteiger partial charge in [-0.1, -0.05) is 23.2 Å². The Bertz CT molecular complexity index is 804. The molecular weight excluding hydrogens is 337 g/mol. The second kappa shape index (κ2) is 6.22. The summed E-state index contributed by atoms with van der Waals surface area (Å²) in [6.45, 7) is 0.539. The van der Waals surface area contributed by atoms with Gasteiger partial charge in [-0.3, -0.25) is 4.79 Å². The highest BCUT2D eigenvalue weighted by atomic mass is 35.5. The molecule has 1 amide bonds. The molecule has 6 heteroatoms. The van der Waals surface area contributed by atoms with Crippen LogP contribution >= 0.6 is 23.2 Å². The highest BCUT2D eigenvalue weighted by molar-refractivity contribution is 6.37. The maximum Gasteiger partial charge on any atom is 0.337 e. The number of amides is 1. The van der Waals surface area contributed by atoms with Gasteiger partial charge in [0, 0.05) is 17.3 Å². The molecule has 1 aliphatic rings. The van der Waals surface area contributed by atoms with Crippen molar-refractivity contribution in [3.8, 4) is 0 Å². The molecule has 118 valence electrons. The molecule has 2 aromatic rings. The van der Waals surface area contributed by atoms with Crippen LogP contribution in [0.15, 0.2) is 36.4 Å². The lowest BCUT2D eigenvalue weighted by Crippen LogP contribution is -2.29. The maximum absolute atomic E-state index is 12.7. The monoisotopic (exact) mass is 349 g/mol. The first-order chi connectivity index (χ1) is 11.0. The number of hydrogen-bond donors (Lipinski definition) is 0. The number of fused-ring (bicyclic) bond motifs is 1. The Labute approximate surface area is 143 Å². The molecule has 4 nitrogen and oxygen atoms in total. The Balaban J connectivity index is 1.93. The van der Waals surface area contributed by atoms with Gasteiger partial charge in [0.1, 0.15) is 0 Å². The van der Waals surface area contributed by atoms with Crippen LogP contribution in [0.3, 0.4) is 0 Å². The van der Waals surface area contributed by atoms with Crippen LogP contribution in [0, 0.1) is 0 Å². The number of esters is 1. The molecule has 0 unspecified atom stereocenters. The zero-order chi connectivity index (χ0) is 16.6. The Morgan fingerprint density at radius 1 is 1.13 bits per heavy atom. The van der Waals surface area contributed by atoms with Gasteiger partial charge in [-0.25, -0.2) is 4.79 Å². The second-order valence-electron chi connectivity index (χ2n) is 5.17. The summed E-state index contributed by atoms with van der Waals surface area (Å²) in [5.41, 5.74) is 2.60. The quantitative estimate of drug-likeness (QED) is 0.770. The number of rotatable bonds is 2. The summed E-state index contributed by atoms with van der Waals surface area (Å²) < 4.78 is 4.72. The number of carbonyl (C=O) groups excluding carboxylic acids is 2. The van der Waals surface area contributed by atoms with Crippen LogP contribution in [0.4, 0.5) is 5.69 Å². The van der Waals surface area contributed by atoms with E-state index in [0.717, 1.165) is 11.3 Å². The first-order valence-corrected chi connectivity index (χ1v) is 7.75. The lowest BCUT2D eigenvalue weighted by atomic mass is 10.1. The molecule has 0 fully saturated rings. The van der Waals surface area contributed by atoms with Gasteiger partial charge in [-0.05, 0) is 48.4 Å². The molecule has 23 heavy (non-hydrogen) atoms. The van der Waals surface area contributed by atoms with Gasteiger partial charge in [0.2, 0.25) is 0 Å². The van der Waals surface area contributed by atoms with Gasteiger partial charge >= 0.3 is 5.97 Å². The van der Waals surface area contributed by atoms with E-state index in [0.29, 0.717) is 34.1 Å². The molecule has 3 rings (SSSR count). The van der Waals surface area contributed by atoms with E-state index in [1.54, 1.807) is 41.3 Å². The normalized spacial score (nSPS) is 12.9. The van der Waals surface area contributed by atoms with Crippen molar-refractivity contribution in [1.82, 2.24) is 0 Å². The predicted molar refractivity (Wildman–Crippen MR) is 89.6 cm³/mol. The largest absolute Gasteiger partial charge is 0.465 e. The van der Waals surface area contributed by atoms with E-state index in [1.165, 1.54) is 7.11 Å². The number of ether oxygens (including phenoxy) is 1. The van der Waals surface area contributed by atoms with Gasteiger partial charge in [0.25, 0.3) is 5.91 Å². The van der Waals surface area contributed by atoms with Crippen LogP contribution in [0.5, 0.6) is 0 Å². The van der Waals surface area contributed by atoms with Crippen molar-refractivity contribution < 1.29 is 14.3 Å². The summed E-state index contributed by atoms with van der Waals surface area (Å²) >= 11 is 12.0. The highest BCUT2D eigenvalue weighted by Crippen LogP contribution is 2.32. The Hall–Kier alpha value is -2.04. The van der Waals surface area contributed by atoms with E-state index in [-0.39, 0.29) is 5.91 Å². The summed E-state index contributed by atoms with van der Waals surface area (Å²) in [7, 11) is 1.34. The first kappa shape index (κ1) is 15.8. The molecule has 0 radical (unpaired) electrons. The van der Waals surface area contributed by atoms with E-state index in [9.17, 15) is 9.59 Å². The minimum absolute atomic E-state index is 0.184. The van der Waals surface area contributed by atoms with Crippen LogP contribution < -0.4 is 4.90 Å². The van der Waals surface area contributed by atoms with Crippen molar-refractivity contribution in [1.29, 1.82) is 0 Å². The summed E-state index contributed by atoms with van der Waals surface area (Å²) in [4.78, 5) is 26.0. The van der Waals surface area contributed by atoms with Crippen molar-refractivity contribution in [2.45, 2.75) is 6.42 Å². The molecule has 0 aromatic heterocycles. The molecule has 0 atom stereocenters. The average Bonchev–Trinajstić information content (AvgIpc) is 2.96. The van der Waals surface area contributed by atoms with Crippen molar-refractivity contribution in [3.05, 3.63) is 63.1 Å². The Kier molecular flexibility index (Phi) is 4.28. The van der Waals surface area contributed by atoms with Crippen LogP contribution in [0.2, 0.25) is 10.0 Å². The Morgan fingerprint density at radius 2 is 1.91 bits per heavy atom. The van der Waals surface area contributed by atoms with Crippen LogP contribution in [0.1, 0.15) is 26.3 Å². The summed E-state index contributed by atoms with van der Waals surface area (Å²) in [6.07, 6.45) is 0.678. The zero-order valence-corrected chi connectivity index (χ0v) is 13.8. The van der Waals surface area contributed by atoms with E-state index < -0.39 is 5.97 Å². The van der Waals surface area contributed by atoms with Crippen LogP contribution in [0.25, 0.3) is 0 Å². The Morgan fingerprint density at radius 3 is 2.61 bits per heavy atom. The predicted octanol–water partition coefficient (Wildman–Crippen LogP) is 3.98. The smallest absolute Gasteiger partial charge is 0.337 e. The maximum atomic E-state index is 12.7. The number of methoxy groups -OCH3 is 1. The minimum atomic E-state index is -0.390. The van der Waals surface area contributed by atoms with Crippen molar-refractivity contribution in [2.24, 2.45) is 0 Å². The van der Waals surface area contributed by atoms with E-state index >= 15 is 0 Å². The highest BCUT2D eigenvalue weighted by Gasteiger charge is 2.27. The molecule has 1 aliphatic heterocycles. The number of benzene rings is 2. The number of carbonyl (C=O) groups is 2. The van der Waals surface area contributed by atoms with Gasteiger partial charge < -0.3 is 9.64 Å². The molecule has 2 aromatic carbocycles. The average molecular weight is 350 g/mol. The molecule has 0 N–H and O–H groups in total. The molecule has 0 saturated heterocycles. The van der Waals surface area contributed by atoms with Gasteiger partial charge in [-0.2, -0.15) is 0 Å². The number of hydrogen-bond acceptors (Lipinski definition) is 3. The lowest BCUT2D eigenvalue weighted by molar-refractivity contribution is 0.0600. The lowest BCUT2D eigenvalue weighted by Gasteiger charge is -2.18. The van der Waals surface area contributed by atoms with E-state index in [2.05, 4.69) is 0 Å². The third-order valence-corrected chi connectivity index (χ3v) is 4.35. The first-order valence-electron chi connectivity index (χ1n) is 6.99. The number of anilines is 1. The van der Waals surface area contributed by atoms with Crippen molar-refractivity contribution >= 4 is 40.8 Å². The van der Waals surface area contributed by atoms with E-state index in [4.69, 9.17) is 27.9 Å².